The molecule has 6 nitrogen and oxygen atoms in total. The van der Waals surface area contributed by atoms with Crippen molar-refractivity contribution >= 4 is 29.9 Å². The van der Waals surface area contributed by atoms with Crippen molar-refractivity contribution in [2.45, 2.75) is 25.9 Å². The van der Waals surface area contributed by atoms with Gasteiger partial charge in [0.05, 0.1) is 6.61 Å². The summed E-state index contributed by atoms with van der Waals surface area (Å²) in [5, 5.41) is 3.56. The van der Waals surface area contributed by atoms with Crippen LogP contribution in [0.2, 0.25) is 0 Å². The third kappa shape index (κ3) is 5.83. The van der Waals surface area contributed by atoms with E-state index in [-0.39, 0.29) is 24.0 Å². The van der Waals surface area contributed by atoms with Gasteiger partial charge >= 0.3 is 0 Å². The summed E-state index contributed by atoms with van der Waals surface area (Å²) < 4.78 is 5.65. The van der Waals surface area contributed by atoms with Crippen molar-refractivity contribution in [3.63, 3.8) is 0 Å². The van der Waals surface area contributed by atoms with E-state index >= 15 is 0 Å². The lowest BCUT2D eigenvalue weighted by molar-refractivity contribution is 0.148. The van der Waals surface area contributed by atoms with E-state index in [0.29, 0.717) is 5.41 Å². The van der Waals surface area contributed by atoms with E-state index in [2.05, 4.69) is 56.3 Å². The number of piperazine rings is 1. The SMILES string of the molecule is CN=C(NCc1ccc(CN2CCN(C)CC2)cc1)N1CCC2(CCOC2)C1.I. The van der Waals surface area contributed by atoms with Crippen LogP contribution in [-0.4, -0.2) is 87.2 Å². The Morgan fingerprint density at radius 1 is 1.07 bits per heavy atom. The summed E-state index contributed by atoms with van der Waals surface area (Å²) in [6, 6.07) is 9.06. The third-order valence-electron chi connectivity index (χ3n) is 6.61. The van der Waals surface area contributed by atoms with Gasteiger partial charge in [-0.3, -0.25) is 9.89 Å². The summed E-state index contributed by atoms with van der Waals surface area (Å²) >= 11 is 0. The molecule has 0 aromatic heterocycles. The molecule has 3 aliphatic rings. The molecule has 1 spiro atoms. The van der Waals surface area contributed by atoms with E-state index in [1.807, 2.05) is 7.05 Å². The molecule has 162 valence electrons. The first-order valence-corrected chi connectivity index (χ1v) is 10.7. The van der Waals surface area contributed by atoms with Gasteiger partial charge in [-0.25, -0.2) is 0 Å². The topological polar surface area (TPSA) is 43.3 Å². The quantitative estimate of drug-likeness (QED) is 0.380. The number of likely N-dealkylation sites (N-methyl/N-ethyl adjacent to an activating group) is 1. The molecule has 0 aliphatic carbocycles. The number of hydrogen-bond acceptors (Lipinski definition) is 4. The monoisotopic (exact) mass is 513 g/mol. The molecule has 3 fully saturated rings. The number of benzene rings is 1. The predicted molar refractivity (Wildman–Crippen MR) is 129 cm³/mol. The Labute approximate surface area is 192 Å². The number of rotatable bonds is 4. The number of aliphatic imine (C=N–C) groups is 1. The smallest absolute Gasteiger partial charge is 0.193 e. The third-order valence-corrected chi connectivity index (χ3v) is 6.61. The number of guanidine groups is 1. The number of ether oxygens (including phenoxy) is 1. The van der Waals surface area contributed by atoms with Crippen molar-refractivity contribution < 1.29 is 4.74 Å². The van der Waals surface area contributed by atoms with Crippen molar-refractivity contribution in [1.82, 2.24) is 20.0 Å². The molecule has 3 aliphatic heterocycles. The second-order valence-electron chi connectivity index (χ2n) is 8.77. The zero-order valence-corrected chi connectivity index (χ0v) is 20.2. The normalized spacial score (nSPS) is 26.1. The van der Waals surface area contributed by atoms with Crippen LogP contribution in [0, 0.1) is 5.41 Å². The molecule has 0 radical (unpaired) electrons. The molecule has 1 aromatic rings. The second-order valence-corrected chi connectivity index (χ2v) is 8.77. The van der Waals surface area contributed by atoms with Gasteiger partial charge in [-0.2, -0.15) is 0 Å². The first kappa shape index (κ1) is 22.8. The standard InChI is InChI=1S/C22H35N5O.HI/c1-23-21(27-9-7-22(17-27)8-14-28-18-22)24-15-19-3-5-20(6-4-19)16-26-12-10-25(2)11-13-26;/h3-6H,7-18H2,1-2H3,(H,23,24);1H. The van der Waals surface area contributed by atoms with Crippen LogP contribution in [0.5, 0.6) is 0 Å². The molecule has 3 heterocycles. The number of nitrogens with one attached hydrogen (secondary N) is 1. The fraction of sp³-hybridized carbons (Fsp3) is 0.682. The van der Waals surface area contributed by atoms with Crippen LogP contribution in [0.25, 0.3) is 0 Å². The molecule has 0 bridgehead atoms. The lowest BCUT2D eigenvalue weighted by Gasteiger charge is -2.32. The Bertz CT molecular complexity index is 666. The summed E-state index contributed by atoms with van der Waals surface area (Å²) in [6.07, 6.45) is 2.41. The maximum Gasteiger partial charge on any atom is 0.193 e. The lowest BCUT2D eigenvalue weighted by atomic mass is 9.87. The Balaban J connectivity index is 0.00000240. The minimum atomic E-state index is 0. The predicted octanol–water partition coefficient (Wildman–Crippen LogP) is 2.24. The van der Waals surface area contributed by atoms with Crippen molar-refractivity contribution in [3.8, 4) is 0 Å². The Kier molecular flexibility index (Phi) is 8.18. The largest absolute Gasteiger partial charge is 0.381 e. The molecule has 1 N–H and O–H groups in total. The summed E-state index contributed by atoms with van der Waals surface area (Å²) in [5.74, 6) is 1.02. The number of hydrogen-bond donors (Lipinski definition) is 1. The average Bonchev–Trinajstić information content (AvgIpc) is 3.35. The van der Waals surface area contributed by atoms with Crippen LogP contribution >= 0.6 is 24.0 Å². The van der Waals surface area contributed by atoms with Gasteiger partial charge in [-0.15, -0.1) is 24.0 Å². The number of halogens is 1. The maximum atomic E-state index is 5.65. The number of nitrogens with zero attached hydrogens (tertiary/aromatic N) is 4. The molecule has 7 heteroatoms. The van der Waals surface area contributed by atoms with Crippen LogP contribution in [0.4, 0.5) is 0 Å². The van der Waals surface area contributed by atoms with Crippen LogP contribution in [0.15, 0.2) is 29.3 Å². The van der Waals surface area contributed by atoms with Crippen LogP contribution in [-0.2, 0) is 17.8 Å². The highest BCUT2D eigenvalue weighted by Crippen LogP contribution is 2.38. The summed E-state index contributed by atoms with van der Waals surface area (Å²) in [6.45, 7) is 10.5. The van der Waals surface area contributed by atoms with Gasteiger partial charge in [0.1, 0.15) is 0 Å². The molecule has 1 atom stereocenters. The Hall–Kier alpha value is -0.900. The van der Waals surface area contributed by atoms with E-state index in [1.165, 1.54) is 50.1 Å². The van der Waals surface area contributed by atoms with E-state index in [1.54, 1.807) is 0 Å². The van der Waals surface area contributed by atoms with E-state index < -0.39 is 0 Å². The molecular weight excluding hydrogens is 477 g/mol. The van der Waals surface area contributed by atoms with E-state index in [9.17, 15) is 0 Å². The van der Waals surface area contributed by atoms with Gasteiger partial charge in [0.25, 0.3) is 0 Å². The Morgan fingerprint density at radius 2 is 1.79 bits per heavy atom. The fourth-order valence-electron chi connectivity index (χ4n) is 4.63. The molecule has 0 saturated carbocycles. The minimum absolute atomic E-state index is 0. The summed E-state index contributed by atoms with van der Waals surface area (Å²) in [7, 11) is 4.09. The van der Waals surface area contributed by atoms with Crippen molar-refractivity contribution in [2.24, 2.45) is 10.4 Å². The van der Waals surface area contributed by atoms with Crippen molar-refractivity contribution in [1.29, 1.82) is 0 Å². The highest BCUT2D eigenvalue weighted by atomic mass is 127. The first-order chi connectivity index (χ1) is 13.7. The van der Waals surface area contributed by atoms with Gasteiger partial charge < -0.3 is 19.9 Å². The molecule has 3 saturated heterocycles. The summed E-state index contributed by atoms with van der Waals surface area (Å²) in [5.41, 5.74) is 3.07. The average molecular weight is 513 g/mol. The molecule has 4 rings (SSSR count). The van der Waals surface area contributed by atoms with Crippen molar-refractivity contribution in [3.05, 3.63) is 35.4 Å². The molecular formula is C22H36IN5O. The van der Waals surface area contributed by atoms with Gasteiger partial charge in [-0.1, -0.05) is 24.3 Å². The van der Waals surface area contributed by atoms with Crippen LogP contribution in [0.3, 0.4) is 0 Å². The van der Waals surface area contributed by atoms with E-state index in [4.69, 9.17) is 4.74 Å². The van der Waals surface area contributed by atoms with E-state index in [0.717, 1.165) is 45.4 Å². The highest BCUT2D eigenvalue weighted by Gasteiger charge is 2.42. The Morgan fingerprint density at radius 3 is 2.45 bits per heavy atom. The van der Waals surface area contributed by atoms with Crippen molar-refractivity contribution in [2.75, 3.05) is 66.6 Å². The van der Waals surface area contributed by atoms with Gasteiger partial charge in [-0.05, 0) is 31.0 Å². The van der Waals surface area contributed by atoms with Gasteiger partial charge in [0.2, 0.25) is 0 Å². The first-order valence-electron chi connectivity index (χ1n) is 10.7. The zero-order chi connectivity index (χ0) is 19.4. The van der Waals surface area contributed by atoms with Gasteiger partial charge in [0, 0.05) is 71.4 Å². The molecule has 1 aromatic carbocycles. The number of likely N-dealkylation sites (tertiary alicyclic amines) is 1. The zero-order valence-electron chi connectivity index (χ0n) is 17.9. The van der Waals surface area contributed by atoms with Gasteiger partial charge in [0.15, 0.2) is 5.96 Å². The molecule has 0 amide bonds. The summed E-state index contributed by atoms with van der Waals surface area (Å²) in [4.78, 5) is 11.9. The lowest BCUT2D eigenvalue weighted by Crippen LogP contribution is -2.43. The second kappa shape index (κ2) is 10.4. The molecule has 1 unspecified atom stereocenters. The van der Waals surface area contributed by atoms with Crippen LogP contribution < -0.4 is 5.32 Å². The highest BCUT2D eigenvalue weighted by molar-refractivity contribution is 14.0. The minimum Gasteiger partial charge on any atom is -0.381 e. The maximum absolute atomic E-state index is 5.65. The fourth-order valence-corrected chi connectivity index (χ4v) is 4.63. The van der Waals surface area contributed by atoms with Crippen LogP contribution in [0.1, 0.15) is 24.0 Å². The molecule has 29 heavy (non-hydrogen) atoms.